The van der Waals surface area contributed by atoms with E-state index in [2.05, 4.69) is 0 Å². The minimum atomic E-state index is -5.41. The third-order valence-corrected chi connectivity index (χ3v) is 2.87. The molecule has 0 fully saturated rings. The van der Waals surface area contributed by atoms with Gasteiger partial charge in [-0.1, -0.05) is 69.6 Å². The Morgan fingerprint density at radius 1 is 0.714 bits per heavy atom. The average molecular weight is 335 g/mol. The van der Waals surface area contributed by atoms with Gasteiger partial charge < -0.3 is 5.11 Å². The van der Waals surface area contributed by atoms with Crippen molar-refractivity contribution in [3.05, 3.63) is 0 Å². The Bertz CT molecular complexity index is 179. The van der Waals surface area contributed by atoms with Gasteiger partial charge >= 0.3 is 6.18 Å². The second-order valence-corrected chi connectivity index (χ2v) is 6.77. The minimum Gasteiger partial charge on any atom is -0.374 e. The van der Waals surface area contributed by atoms with E-state index in [4.69, 9.17) is 74.7 Å². The monoisotopic (exact) mass is 332 g/mol. The van der Waals surface area contributed by atoms with Gasteiger partial charge in [-0.2, -0.15) is 13.2 Å². The zero-order chi connectivity index (χ0) is 12.0. The smallest absolute Gasteiger partial charge is 0.374 e. The molecule has 0 aliphatic heterocycles. The SMILES string of the molecule is OC(C(F)(F)F)(C(Cl)(Cl)Cl)C(Cl)(Cl)Cl. The molecule has 0 saturated carbocycles. The largest absolute Gasteiger partial charge is 0.425 e. The number of hydrogen-bond acceptors (Lipinski definition) is 1. The van der Waals surface area contributed by atoms with Crippen molar-refractivity contribution in [1.82, 2.24) is 0 Å². The number of rotatable bonds is 0. The van der Waals surface area contributed by atoms with Crippen molar-refractivity contribution < 1.29 is 18.3 Å². The van der Waals surface area contributed by atoms with Gasteiger partial charge in [-0.15, -0.1) is 0 Å². The standard InChI is InChI=1S/C4HCl6F3O/c5-2(6,7)1(14,3(8,9)10)4(11,12)13/h14H. The van der Waals surface area contributed by atoms with Crippen molar-refractivity contribution in [2.45, 2.75) is 19.4 Å². The third kappa shape index (κ3) is 2.59. The van der Waals surface area contributed by atoms with Gasteiger partial charge in [-0.3, -0.25) is 0 Å². The van der Waals surface area contributed by atoms with Gasteiger partial charge in [0.05, 0.1) is 0 Å². The molecule has 0 aromatic carbocycles. The van der Waals surface area contributed by atoms with Gasteiger partial charge in [0.2, 0.25) is 7.59 Å². The Balaban J connectivity index is 5.54. The molecule has 0 unspecified atom stereocenters. The zero-order valence-corrected chi connectivity index (χ0v) is 10.4. The molecule has 0 aliphatic rings. The molecule has 1 N–H and O–H groups in total. The molecule has 0 rings (SSSR count). The molecule has 0 amide bonds. The highest BCUT2D eigenvalue weighted by atomic mass is 35.6. The Morgan fingerprint density at radius 2 is 0.929 bits per heavy atom. The molecule has 0 heterocycles. The molecule has 10 heteroatoms. The van der Waals surface area contributed by atoms with Gasteiger partial charge in [-0.25, -0.2) is 0 Å². The van der Waals surface area contributed by atoms with Crippen LogP contribution in [0.15, 0.2) is 0 Å². The average Bonchev–Trinajstić information content (AvgIpc) is 1.77. The summed E-state index contributed by atoms with van der Waals surface area (Å²) in [4.78, 5) is 0. The van der Waals surface area contributed by atoms with Crippen molar-refractivity contribution >= 4 is 69.6 Å². The predicted molar refractivity (Wildman–Crippen MR) is 51.6 cm³/mol. The fourth-order valence-corrected chi connectivity index (χ4v) is 2.41. The van der Waals surface area contributed by atoms with E-state index in [1.807, 2.05) is 0 Å². The van der Waals surface area contributed by atoms with Crippen LogP contribution in [0.3, 0.4) is 0 Å². The summed E-state index contributed by atoms with van der Waals surface area (Å²) in [6.07, 6.45) is -5.41. The number of halogens is 9. The van der Waals surface area contributed by atoms with Crippen LogP contribution in [-0.2, 0) is 0 Å². The molecule has 0 bridgehead atoms. The van der Waals surface area contributed by atoms with Crippen LogP contribution < -0.4 is 0 Å². The van der Waals surface area contributed by atoms with E-state index in [0.29, 0.717) is 0 Å². The van der Waals surface area contributed by atoms with Crippen molar-refractivity contribution in [3.8, 4) is 0 Å². The highest BCUT2D eigenvalue weighted by molar-refractivity contribution is 6.73. The lowest BCUT2D eigenvalue weighted by atomic mass is 10.1. The summed E-state index contributed by atoms with van der Waals surface area (Å²) in [7, 11) is 0. The van der Waals surface area contributed by atoms with Gasteiger partial charge in [0, 0.05) is 0 Å². The molecule has 14 heavy (non-hydrogen) atoms. The maximum atomic E-state index is 12.3. The summed E-state index contributed by atoms with van der Waals surface area (Å²) in [5.41, 5.74) is -4.09. The van der Waals surface area contributed by atoms with E-state index in [9.17, 15) is 13.2 Å². The second kappa shape index (κ2) is 4.06. The molecular weight excluding hydrogens is 334 g/mol. The lowest BCUT2D eigenvalue weighted by Gasteiger charge is -2.40. The van der Waals surface area contributed by atoms with Crippen LogP contribution in [0.25, 0.3) is 0 Å². The molecule has 86 valence electrons. The summed E-state index contributed by atoms with van der Waals surface area (Å²) in [6, 6.07) is 0. The Labute approximate surface area is 107 Å². The Kier molecular flexibility index (Phi) is 4.49. The maximum absolute atomic E-state index is 12.3. The highest BCUT2D eigenvalue weighted by Crippen LogP contribution is 2.58. The topological polar surface area (TPSA) is 20.2 Å². The molecule has 0 aromatic rings. The fraction of sp³-hybridized carbons (Fsp3) is 1.00. The summed E-state index contributed by atoms with van der Waals surface area (Å²) in [5, 5.41) is 9.10. The van der Waals surface area contributed by atoms with Crippen LogP contribution >= 0.6 is 69.6 Å². The van der Waals surface area contributed by atoms with E-state index in [-0.39, 0.29) is 0 Å². The molecule has 0 radical (unpaired) electrons. The Hall–Kier alpha value is 1.49. The molecule has 0 saturated heterocycles. The summed E-state index contributed by atoms with van der Waals surface area (Å²) < 4.78 is 30.6. The van der Waals surface area contributed by atoms with Crippen LogP contribution in [0, 0.1) is 0 Å². The molecule has 0 spiro atoms. The lowest BCUT2D eigenvalue weighted by molar-refractivity contribution is -0.256. The van der Waals surface area contributed by atoms with Crippen LogP contribution in [0.1, 0.15) is 0 Å². The van der Waals surface area contributed by atoms with E-state index in [1.54, 1.807) is 0 Å². The predicted octanol–water partition coefficient (Wildman–Crippen LogP) is 4.02. The molecule has 0 atom stereocenters. The number of aliphatic hydroxyl groups is 1. The number of hydrogen-bond donors (Lipinski definition) is 1. The molecule has 1 nitrogen and oxygen atoms in total. The van der Waals surface area contributed by atoms with Crippen LogP contribution in [0.5, 0.6) is 0 Å². The van der Waals surface area contributed by atoms with Crippen molar-refractivity contribution in [2.24, 2.45) is 0 Å². The zero-order valence-electron chi connectivity index (χ0n) is 5.85. The highest BCUT2D eigenvalue weighted by Gasteiger charge is 2.75. The van der Waals surface area contributed by atoms with Crippen LogP contribution in [-0.4, -0.2) is 24.5 Å². The molecule has 0 aliphatic carbocycles. The third-order valence-electron chi connectivity index (χ3n) is 1.23. The Morgan fingerprint density at radius 3 is 0.929 bits per heavy atom. The fourth-order valence-electron chi connectivity index (χ4n) is 0.482. The van der Waals surface area contributed by atoms with Crippen molar-refractivity contribution in [1.29, 1.82) is 0 Å². The summed E-state index contributed by atoms with van der Waals surface area (Å²) >= 11 is 29.5. The van der Waals surface area contributed by atoms with Gasteiger partial charge in [0.1, 0.15) is 0 Å². The normalized spacial score (nSPS) is 15.9. The first-order valence-electron chi connectivity index (χ1n) is 2.67. The van der Waals surface area contributed by atoms with Crippen molar-refractivity contribution in [2.75, 3.05) is 0 Å². The first-order valence-corrected chi connectivity index (χ1v) is 4.94. The molecular formula is C4HCl6F3O. The second-order valence-electron chi connectivity index (χ2n) is 2.20. The quantitative estimate of drug-likeness (QED) is 0.663. The van der Waals surface area contributed by atoms with Crippen LogP contribution in [0.4, 0.5) is 13.2 Å². The van der Waals surface area contributed by atoms with E-state index >= 15 is 0 Å². The van der Waals surface area contributed by atoms with Gasteiger partial charge in [0.25, 0.3) is 5.60 Å². The lowest BCUT2D eigenvalue weighted by Crippen LogP contribution is -2.63. The van der Waals surface area contributed by atoms with E-state index in [1.165, 1.54) is 0 Å². The summed E-state index contributed by atoms with van der Waals surface area (Å²) in [5.74, 6) is 0. The van der Waals surface area contributed by atoms with Crippen LogP contribution in [0.2, 0.25) is 0 Å². The van der Waals surface area contributed by atoms with Gasteiger partial charge in [-0.05, 0) is 0 Å². The van der Waals surface area contributed by atoms with Gasteiger partial charge in [0.15, 0.2) is 0 Å². The molecule has 0 aromatic heterocycles. The summed E-state index contributed by atoms with van der Waals surface area (Å²) in [6.45, 7) is 0. The van der Waals surface area contributed by atoms with E-state index < -0.39 is 19.4 Å². The first-order chi connectivity index (χ1) is 5.75. The van der Waals surface area contributed by atoms with Crippen molar-refractivity contribution in [3.63, 3.8) is 0 Å². The van der Waals surface area contributed by atoms with E-state index in [0.717, 1.165) is 0 Å². The maximum Gasteiger partial charge on any atom is 0.425 e. The minimum absolute atomic E-state index is 3.23. The first kappa shape index (κ1) is 15.5. The number of alkyl halides is 9.